The standard InChI is InChI=1S/C13H13BrNO.Y/c1-9-12(14)7-8-13(15-9)10-3-5-11(16-2)6-4-10;/h3-6,12,15H,1,7H2,2H3;/q-1;. The van der Waals surface area contributed by atoms with Gasteiger partial charge in [-0.2, -0.15) is 5.56 Å². The van der Waals surface area contributed by atoms with Crippen molar-refractivity contribution in [2.24, 2.45) is 0 Å². The molecular weight excluding hydrogens is 355 g/mol. The summed E-state index contributed by atoms with van der Waals surface area (Å²) in [6.45, 7) is 3.96. The molecule has 1 N–H and O–H groups in total. The van der Waals surface area contributed by atoms with E-state index in [0.29, 0.717) is 0 Å². The monoisotopic (exact) mass is 367 g/mol. The van der Waals surface area contributed by atoms with Gasteiger partial charge in [0, 0.05) is 43.2 Å². The van der Waals surface area contributed by atoms with Crippen molar-refractivity contribution in [3.8, 4) is 5.75 Å². The number of hydrogen-bond donors (Lipinski definition) is 1. The van der Waals surface area contributed by atoms with Crippen LogP contribution in [0, 0.1) is 6.08 Å². The average molecular weight is 368 g/mol. The summed E-state index contributed by atoms with van der Waals surface area (Å²) in [5.41, 5.74) is 3.06. The van der Waals surface area contributed by atoms with E-state index in [9.17, 15) is 0 Å². The van der Waals surface area contributed by atoms with Gasteiger partial charge in [-0.1, -0.05) is 28.9 Å². The van der Waals surface area contributed by atoms with Crippen LogP contribution < -0.4 is 10.1 Å². The molecule has 0 amide bonds. The topological polar surface area (TPSA) is 21.3 Å². The van der Waals surface area contributed by atoms with Gasteiger partial charge < -0.3 is 10.1 Å². The summed E-state index contributed by atoms with van der Waals surface area (Å²) in [5, 5.41) is 3.24. The number of ether oxygens (including phenoxy) is 1. The molecule has 0 aromatic heterocycles. The molecule has 1 aliphatic rings. The van der Waals surface area contributed by atoms with E-state index in [1.54, 1.807) is 7.11 Å². The second-order valence-corrected chi connectivity index (χ2v) is 4.71. The van der Waals surface area contributed by atoms with Crippen molar-refractivity contribution in [1.29, 1.82) is 0 Å². The number of alkyl halides is 1. The Labute approximate surface area is 136 Å². The summed E-state index contributed by atoms with van der Waals surface area (Å²) >= 11 is 3.52. The minimum absolute atomic E-state index is 0. The van der Waals surface area contributed by atoms with Gasteiger partial charge in [0.1, 0.15) is 5.75 Å². The first-order chi connectivity index (χ1) is 7.70. The molecule has 0 bridgehead atoms. The molecule has 0 saturated carbocycles. The van der Waals surface area contributed by atoms with Gasteiger partial charge >= 0.3 is 0 Å². The van der Waals surface area contributed by atoms with E-state index in [0.717, 1.165) is 29.1 Å². The predicted octanol–water partition coefficient (Wildman–Crippen LogP) is 3.11. The molecule has 0 aliphatic carbocycles. The van der Waals surface area contributed by atoms with Crippen molar-refractivity contribution in [3.05, 3.63) is 48.2 Å². The quantitative estimate of drug-likeness (QED) is 0.640. The second-order valence-electron chi connectivity index (χ2n) is 3.60. The molecule has 1 radical (unpaired) electrons. The molecule has 1 heterocycles. The third kappa shape index (κ3) is 3.67. The Bertz CT molecular complexity index is 428. The molecule has 2 nitrogen and oxygen atoms in total. The normalized spacial score (nSPS) is 18.8. The first kappa shape index (κ1) is 14.9. The average Bonchev–Trinajstić information content (AvgIpc) is 2.33. The predicted molar refractivity (Wildman–Crippen MR) is 69.3 cm³/mol. The van der Waals surface area contributed by atoms with E-state index in [4.69, 9.17) is 4.74 Å². The van der Waals surface area contributed by atoms with E-state index in [-0.39, 0.29) is 37.5 Å². The third-order valence-corrected chi connectivity index (χ3v) is 3.38. The summed E-state index contributed by atoms with van der Waals surface area (Å²) in [6.07, 6.45) is 4.15. The van der Waals surface area contributed by atoms with Crippen LogP contribution in [0.15, 0.2) is 36.5 Å². The maximum absolute atomic E-state index is 5.12. The molecule has 1 atom stereocenters. The van der Waals surface area contributed by atoms with Crippen molar-refractivity contribution in [3.63, 3.8) is 0 Å². The SMILES string of the molecule is C=C1NC(c2ccc(OC)cc2)=[C-]CC1Br.[Y]. The summed E-state index contributed by atoms with van der Waals surface area (Å²) in [7, 11) is 1.66. The molecule has 0 spiro atoms. The Morgan fingerprint density at radius 2 is 2.06 bits per heavy atom. The molecule has 1 aromatic rings. The van der Waals surface area contributed by atoms with E-state index >= 15 is 0 Å². The second kappa shape index (κ2) is 6.72. The number of halogens is 1. The zero-order valence-electron chi connectivity index (χ0n) is 9.66. The Hall–Kier alpha value is -0.116. The third-order valence-electron chi connectivity index (χ3n) is 2.50. The van der Waals surface area contributed by atoms with Crippen molar-refractivity contribution in [1.82, 2.24) is 5.32 Å². The van der Waals surface area contributed by atoms with E-state index in [1.165, 1.54) is 0 Å². The molecule has 1 aromatic carbocycles. The van der Waals surface area contributed by atoms with Gasteiger partial charge in [-0.05, 0) is 12.1 Å². The van der Waals surface area contributed by atoms with Gasteiger partial charge in [0.2, 0.25) is 0 Å². The van der Waals surface area contributed by atoms with Gasteiger partial charge in [-0.25, -0.2) is 6.08 Å². The van der Waals surface area contributed by atoms with Gasteiger partial charge in [0.25, 0.3) is 0 Å². The van der Waals surface area contributed by atoms with E-state index in [2.05, 4.69) is 33.9 Å². The number of allylic oxidation sites excluding steroid dienone is 2. The van der Waals surface area contributed by atoms with Gasteiger partial charge in [0.15, 0.2) is 0 Å². The van der Waals surface area contributed by atoms with Crippen molar-refractivity contribution >= 4 is 21.6 Å². The fraction of sp³-hybridized carbons (Fsp3) is 0.231. The molecule has 87 valence electrons. The Balaban J connectivity index is 0.00000144. The van der Waals surface area contributed by atoms with Crippen LogP contribution in [-0.2, 0) is 32.7 Å². The van der Waals surface area contributed by atoms with Crippen molar-refractivity contribution in [2.75, 3.05) is 7.11 Å². The smallest absolute Gasteiger partial charge is 0.115 e. The van der Waals surface area contributed by atoms with Gasteiger partial charge in [-0.3, -0.25) is 0 Å². The van der Waals surface area contributed by atoms with Crippen LogP contribution >= 0.6 is 15.9 Å². The van der Waals surface area contributed by atoms with E-state index < -0.39 is 0 Å². The molecular formula is C13H13BrNOY-. The summed E-state index contributed by atoms with van der Waals surface area (Å²) in [6, 6.07) is 7.90. The molecule has 4 heteroatoms. The zero-order valence-corrected chi connectivity index (χ0v) is 14.1. The Morgan fingerprint density at radius 1 is 1.41 bits per heavy atom. The first-order valence-corrected chi connectivity index (χ1v) is 5.97. The number of benzene rings is 1. The van der Waals surface area contributed by atoms with Crippen LogP contribution in [-0.4, -0.2) is 11.9 Å². The first-order valence-electron chi connectivity index (χ1n) is 5.06. The molecule has 1 unspecified atom stereocenters. The number of methoxy groups -OCH3 is 1. The van der Waals surface area contributed by atoms with Crippen LogP contribution in [0.5, 0.6) is 5.75 Å². The van der Waals surface area contributed by atoms with E-state index in [1.807, 2.05) is 24.3 Å². The van der Waals surface area contributed by atoms with Crippen molar-refractivity contribution in [2.45, 2.75) is 11.2 Å². The molecule has 0 fully saturated rings. The summed E-state index contributed by atoms with van der Waals surface area (Å²) in [5.74, 6) is 0.859. The summed E-state index contributed by atoms with van der Waals surface area (Å²) < 4.78 is 5.12. The maximum Gasteiger partial charge on any atom is 0.115 e. The molecule has 1 aliphatic heterocycles. The largest absolute Gasteiger partial charge is 0.497 e. The number of hydrogen-bond acceptors (Lipinski definition) is 2. The number of nitrogens with one attached hydrogen (secondary N) is 1. The zero-order chi connectivity index (χ0) is 11.5. The Morgan fingerprint density at radius 3 is 2.59 bits per heavy atom. The van der Waals surface area contributed by atoms with Crippen LogP contribution in [0.1, 0.15) is 12.0 Å². The molecule has 2 rings (SSSR count). The minimum Gasteiger partial charge on any atom is -0.497 e. The molecule has 0 saturated heterocycles. The van der Waals surface area contributed by atoms with Crippen LogP contribution in [0.25, 0.3) is 5.70 Å². The number of rotatable bonds is 2. The van der Waals surface area contributed by atoms with Gasteiger partial charge in [-0.15, -0.1) is 17.8 Å². The molecule has 17 heavy (non-hydrogen) atoms. The van der Waals surface area contributed by atoms with Crippen LogP contribution in [0.4, 0.5) is 0 Å². The fourth-order valence-corrected chi connectivity index (χ4v) is 1.81. The van der Waals surface area contributed by atoms with Gasteiger partial charge in [0.05, 0.1) is 7.11 Å². The Kier molecular flexibility index (Phi) is 5.91. The van der Waals surface area contributed by atoms with Crippen molar-refractivity contribution < 1.29 is 37.4 Å². The fourth-order valence-electron chi connectivity index (χ4n) is 1.53. The summed E-state index contributed by atoms with van der Waals surface area (Å²) in [4.78, 5) is 0.273. The van der Waals surface area contributed by atoms with Crippen LogP contribution in [0.3, 0.4) is 0 Å². The van der Waals surface area contributed by atoms with Crippen LogP contribution in [0.2, 0.25) is 0 Å². The maximum atomic E-state index is 5.12. The minimum atomic E-state index is 0.